The quantitative estimate of drug-likeness (QED) is 0.292. The van der Waals surface area contributed by atoms with Crippen LogP contribution in [0.4, 0.5) is 11.4 Å². The van der Waals surface area contributed by atoms with Crippen LogP contribution >= 0.6 is 23.2 Å². The zero-order chi connectivity index (χ0) is 29.7. The van der Waals surface area contributed by atoms with E-state index in [0.717, 1.165) is 30.3 Å². The molecule has 218 valence electrons. The van der Waals surface area contributed by atoms with E-state index in [1.165, 1.54) is 4.68 Å². The normalized spacial score (nSPS) is 13.8. The number of aromatic nitrogens is 3. The van der Waals surface area contributed by atoms with Crippen LogP contribution in [0, 0.1) is 6.92 Å². The van der Waals surface area contributed by atoms with Gasteiger partial charge in [-0.15, -0.1) is 10.2 Å². The molecule has 14 heteroatoms. The van der Waals surface area contributed by atoms with E-state index >= 15 is 0 Å². The molecule has 0 radical (unpaired) electrons. The van der Waals surface area contributed by atoms with Crippen LogP contribution in [0.5, 0.6) is 0 Å². The Balaban J connectivity index is 1.70. The highest BCUT2D eigenvalue weighted by Crippen LogP contribution is 2.30. The van der Waals surface area contributed by atoms with Crippen LogP contribution in [0.15, 0.2) is 46.5 Å². The number of hydrogen-bond acceptors (Lipinski definition) is 8. The molecule has 11 nitrogen and oxygen atoms in total. The maximum Gasteiger partial charge on any atom is 0.274 e. The molecule has 4 rings (SSSR count). The number of sulfonamides is 1. The SMILES string of the molecule is CCCCNC(=O)C1=Nn2c(nnc2-c2cc(Cl)cc(Cl)c2)C1=Nc1ccc(N(CC)CCNS(C)(=O)=O)cc1C. The maximum atomic E-state index is 13.2. The highest BCUT2D eigenvalue weighted by molar-refractivity contribution is 7.88. The van der Waals surface area contributed by atoms with Gasteiger partial charge in [-0.05, 0) is 62.2 Å². The lowest BCUT2D eigenvalue weighted by atomic mass is 10.1. The summed E-state index contributed by atoms with van der Waals surface area (Å²) in [5, 5.41) is 16.9. The number of anilines is 1. The van der Waals surface area contributed by atoms with E-state index in [4.69, 9.17) is 28.2 Å². The first kappa shape index (κ1) is 30.6. The summed E-state index contributed by atoms with van der Waals surface area (Å²) >= 11 is 12.4. The van der Waals surface area contributed by atoms with E-state index in [-0.39, 0.29) is 11.6 Å². The Morgan fingerprint density at radius 2 is 1.76 bits per heavy atom. The minimum atomic E-state index is -3.27. The molecule has 0 bridgehead atoms. The topological polar surface area (TPSA) is 134 Å². The van der Waals surface area contributed by atoms with Crippen molar-refractivity contribution in [3.05, 3.63) is 57.8 Å². The number of nitrogens with zero attached hydrogens (tertiary/aromatic N) is 6. The third kappa shape index (κ3) is 7.50. The van der Waals surface area contributed by atoms with Crippen molar-refractivity contribution in [2.24, 2.45) is 10.1 Å². The first-order chi connectivity index (χ1) is 19.5. The van der Waals surface area contributed by atoms with E-state index < -0.39 is 10.0 Å². The smallest absolute Gasteiger partial charge is 0.274 e. The first-order valence-corrected chi connectivity index (χ1v) is 15.8. The standard InChI is InChI=1S/C27H32Cl2N8O3S/c1-5-7-10-30-27(38)24-23(26-34-33-25(37(26)35-24)18-14-19(28)16-20(29)15-18)32-22-9-8-21(13-17(22)3)36(6-2)12-11-31-41(4,39)40/h8-9,13-16,31H,5-7,10-12H2,1-4H3,(H,30,38). The number of carbonyl (C=O) groups is 1. The molecule has 1 amide bonds. The summed E-state index contributed by atoms with van der Waals surface area (Å²) in [4.78, 5) is 20.1. The van der Waals surface area contributed by atoms with Gasteiger partial charge < -0.3 is 10.2 Å². The van der Waals surface area contributed by atoms with Crippen molar-refractivity contribution in [3.63, 3.8) is 0 Å². The summed E-state index contributed by atoms with van der Waals surface area (Å²) in [5.74, 6) is 0.339. The van der Waals surface area contributed by atoms with E-state index in [1.54, 1.807) is 18.2 Å². The number of unbranched alkanes of at least 4 members (excludes halogenated alkanes) is 1. The molecular weight excluding hydrogens is 587 g/mol. The highest BCUT2D eigenvalue weighted by atomic mass is 35.5. The average molecular weight is 620 g/mol. The minimum absolute atomic E-state index is 0.130. The van der Waals surface area contributed by atoms with Crippen LogP contribution in [-0.2, 0) is 14.8 Å². The predicted molar refractivity (Wildman–Crippen MR) is 164 cm³/mol. The summed E-state index contributed by atoms with van der Waals surface area (Å²) < 4.78 is 26.9. The Morgan fingerprint density at radius 3 is 2.39 bits per heavy atom. The monoisotopic (exact) mass is 618 g/mol. The number of likely N-dealkylation sites (N-methyl/N-ethyl adjacent to an activating group) is 1. The number of benzene rings is 2. The van der Waals surface area contributed by atoms with Crippen molar-refractivity contribution in [1.82, 2.24) is 24.9 Å². The van der Waals surface area contributed by atoms with Gasteiger partial charge in [0.25, 0.3) is 5.91 Å². The third-order valence-electron chi connectivity index (χ3n) is 6.33. The third-order valence-corrected chi connectivity index (χ3v) is 7.50. The lowest BCUT2D eigenvalue weighted by molar-refractivity contribution is -0.114. The second-order valence-electron chi connectivity index (χ2n) is 9.55. The van der Waals surface area contributed by atoms with Crippen molar-refractivity contribution in [2.45, 2.75) is 33.6 Å². The minimum Gasteiger partial charge on any atom is -0.370 e. The molecule has 0 unspecified atom stereocenters. The van der Waals surface area contributed by atoms with Crippen LogP contribution in [0.2, 0.25) is 10.0 Å². The number of halogens is 2. The van der Waals surface area contributed by atoms with Crippen LogP contribution in [0.25, 0.3) is 11.4 Å². The van der Waals surface area contributed by atoms with Crippen molar-refractivity contribution >= 4 is 61.9 Å². The summed E-state index contributed by atoms with van der Waals surface area (Å²) in [6, 6.07) is 10.8. The largest absolute Gasteiger partial charge is 0.370 e. The molecule has 1 aromatic heterocycles. The maximum absolute atomic E-state index is 13.2. The van der Waals surface area contributed by atoms with Gasteiger partial charge in [-0.25, -0.2) is 18.1 Å². The van der Waals surface area contributed by atoms with Crippen molar-refractivity contribution < 1.29 is 13.2 Å². The molecule has 0 atom stereocenters. The molecule has 0 fully saturated rings. The van der Waals surface area contributed by atoms with Crippen molar-refractivity contribution in [2.75, 3.05) is 37.3 Å². The van der Waals surface area contributed by atoms with Gasteiger partial charge in [0, 0.05) is 47.5 Å². The molecule has 0 aliphatic carbocycles. The highest BCUT2D eigenvalue weighted by Gasteiger charge is 2.33. The number of rotatable bonds is 12. The number of aryl methyl sites for hydroxylation is 1. The molecule has 0 saturated heterocycles. The Bertz CT molecular complexity index is 1600. The Hall–Kier alpha value is -3.32. The van der Waals surface area contributed by atoms with Gasteiger partial charge in [-0.2, -0.15) is 9.78 Å². The van der Waals surface area contributed by atoms with Gasteiger partial charge in [0.05, 0.1) is 11.9 Å². The molecule has 41 heavy (non-hydrogen) atoms. The fraction of sp³-hybridized carbons (Fsp3) is 0.370. The van der Waals surface area contributed by atoms with Crippen LogP contribution < -0.4 is 14.9 Å². The molecule has 0 saturated carbocycles. The number of hydrogen-bond donors (Lipinski definition) is 2. The van der Waals surface area contributed by atoms with Gasteiger partial charge in [0.1, 0.15) is 5.71 Å². The van der Waals surface area contributed by atoms with Gasteiger partial charge in [0.2, 0.25) is 15.8 Å². The van der Waals surface area contributed by atoms with Crippen LogP contribution in [0.3, 0.4) is 0 Å². The molecule has 1 aliphatic heterocycles. The second-order valence-corrected chi connectivity index (χ2v) is 12.3. The van der Waals surface area contributed by atoms with Crippen molar-refractivity contribution in [3.8, 4) is 11.4 Å². The fourth-order valence-electron chi connectivity index (χ4n) is 4.27. The number of aliphatic imine (C=N–C) groups is 1. The molecular formula is C27H32Cl2N8O3S. The molecule has 0 spiro atoms. The Morgan fingerprint density at radius 1 is 1.05 bits per heavy atom. The van der Waals surface area contributed by atoms with Crippen molar-refractivity contribution in [1.29, 1.82) is 0 Å². The Labute approximate surface area is 249 Å². The van der Waals surface area contributed by atoms with E-state index in [2.05, 4.69) is 30.2 Å². The molecule has 1 aliphatic rings. The summed E-state index contributed by atoms with van der Waals surface area (Å²) in [6.45, 7) is 7.96. The first-order valence-electron chi connectivity index (χ1n) is 13.2. The molecule has 2 heterocycles. The van der Waals surface area contributed by atoms with Gasteiger partial charge in [0.15, 0.2) is 11.5 Å². The van der Waals surface area contributed by atoms with E-state index in [9.17, 15) is 13.2 Å². The number of carbonyl (C=O) groups excluding carboxylic acids is 1. The van der Waals surface area contributed by atoms with E-state index in [0.29, 0.717) is 64.8 Å². The summed E-state index contributed by atoms with van der Waals surface area (Å²) in [6.07, 6.45) is 2.90. The van der Waals surface area contributed by atoms with Gasteiger partial charge >= 0.3 is 0 Å². The van der Waals surface area contributed by atoms with Crippen LogP contribution in [0.1, 0.15) is 38.1 Å². The lowest BCUT2D eigenvalue weighted by Crippen LogP contribution is -2.35. The van der Waals surface area contributed by atoms with Gasteiger partial charge in [-0.1, -0.05) is 36.5 Å². The summed E-state index contributed by atoms with van der Waals surface area (Å²) in [5.41, 5.74) is 3.44. The fourth-order valence-corrected chi connectivity index (χ4v) is 5.26. The van der Waals surface area contributed by atoms with Crippen LogP contribution in [-0.4, -0.2) is 73.1 Å². The van der Waals surface area contributed by atoms with Gasteiger partial charge in [-0.3, -0.25) is 4.79 Å². The average Bonchev–Trinajstić information content (AvgIpc) is 3.47. The number of amides is 1. The summed E-state index contributed by atoms with van der Waals surface area (Å²) in [7, 11) is -3.27. The Kier molecular flexibility index (Phi) is 9.80. The number of fused-ring (bicyclic) bond motifs is 1. The molecule has 3 aromatic rings. The predicted octanol–water partition coefficient (Wildman–Crippen LogP) is 4.19. The number of nitrogens with one attached hydrogen (secondary N) is 2. The lowest BCUT2D eigenvalue weighted by Gasteiger charge is -2.24. The second kappa shape index (κ2) is 13.1. The zero-order valence-electron chi connectivity index (χ0n) is 23.3. The molecule has 2 aromatic carbocycles. The zero-order valence-corrected chi connectivity index (χ0v) is 25.6. The molecule has 2 N–H and O–H groups in total. The van der Waals surface area contributed by atoms with E-state index in [1.807, 2.05) is 39.0 Å².